The standard InChI is InChI=1S/C9H15NO/c1-8(11)10-7-9(10)5-3-2-4-6-9/h2-7H2,1H3. The lowest BCUT2D eigenvalue weighted by atomic mass is 9.89. The Morgan fingerprint density at radius 2 is 1.91 bits per heavy atom. The fraction of sp³-hybridized carbons (Fsp3) is 0.889. The highest BCUT2D eigenvalue weighted by Gasteiger charge is 2.53. The van der Waals surface area contributed by atoms with E-state index in [-0.39, 0.29) is 5.91 Å². The molecule has 11 heavy (non-hydrogen) atoms. The Kier molecular flexibility index (Phi) is 1.44. The highest BCUT2D eigenvalue weighted by atomic mass is 16.2. The Morgan fingerprint density at radius 1 is 1.27 bits per heavy atom. The predicted molar refractivity (Wildman–Crippen MR) is 43.2 cm³/mol. The molecule has 0 aromatic rings. The molecule has 1 saturated carbocycles. The van der Waals surface area contributed by atoms with Crippen molar-refractivity contribution < 1.29 is 4.79 Å². The summed E-state index contributed by atoms with van der Waals surface area (Å²) < 4.78 is 0. The maximum absolute atomic E-state index is 11.0. The first-order valence-corrected chi connectivity index (χ1v) is 4.53. The number of hydrogen-bond donors (Lipinski definition) is 0. The van der Waals surface area contributed by atoms with Gasteiger partial charge in [-0.3, -0.25) is 4.79 Å². The molecule has 0 atom stereocenters. The van der Waals surface area contributed by atoms with E-state index in [2.05, 4.69) is 0 Å². The van der Waals surface area contributed by atoms with Crippen LogP contribution >= 0.6 is 0 Å². The Hall–Kier alpha value is -0.530. The van der Waals surface area contributed by atoms with Crippen molar-refractivity contribution >= 4 is 5.91 Å². The first kappa shape index (κ1) is 7.14. The molecule has 0 aromatic heterocycles. The van der Waals surface area contributed by atoms with Crippen LogP contribution in [-0.2, 0) is 4.79 Å². The van der Waals surface area contributed by atoms with Crippen LogP contribution in [0.4, 0.5) is 0 Å². The molecule has 1 spiro atoms. The SMILES string of the molecule is CC(=O)N1CC12CCCCC2. The zero-order valence-electron chi connectivity index (χ0n) is 7.10. The molecule has 2 nitrogen and oxygen atoms in total. The summed E-state index contributed by atoms with van der Waals surface area (Å²) in [5.74, 6) is 0.270. The topological polar surface area (TPSA) is 20.1 Å². The molecule has 0 N–H and O–H groups in total. The van der Waals surface area contributed by atoms with Crippen LogP contribution in [0.1, 0.15) is 39.0 Å². The summed E-state index contributed by atoms with van der Waals surface area (Å²) in [6.45, 7) is 2.73. The molecule has 0 radical (unpaired) electrons. The van der Waals surface area contributed by atoms with Crippen LogP contribution in [-0.4, -0.2) is 22.9 Å². The van der Waals surface area contributed by atoms with Crippen molar-refractivity contribution in [3.05, 3.63) is 0 Å². The smallest absolute Gasteiger partial charge is 0.220 e. The monoisotopic (exact) mass is 153 g/mol. The molecule has 0 aromatic carbocycles. The summed E-state index contributed by atoms with van der Waals surface area (Å²) in [6.07, 6.45) is 6.53. The van der Waals surface area contributed by atoms with Gasteiger partial charge in [-0.2, -0.15) is 0 Å². The van der Waals surface area contributed by atoms with Crippen LogP contribution < -0.4 is 0 Å². The van der Waals surface area contributed by atoms with Gasteiger partial charge in [-0.05, 0) is 12.8 Å². The number of carbonyl (C=O) groups excluding carboxylic acids is 1. The third-order valence-corrected chi connectivity index (χ3v) is 3.09. The fourth-order valence-corrected chi connectivity index (χ4v) is 2.34. The molecular weight excluding hydrogens is 138 g/mol. The van der Waals surface area contributed by atoms with E-state index in [1.807, 2.05) is 4.90 Å². The zero-order valence-corrected chi connectivity index (χ0v) is 7.10. The van der Waals surface area contributed by atoms with Gasteiger partial charge in [-0.25, -0.2) is 0 Å². The van der Waals surface area contributed by atoms with Gasteiger partial charge in [-0.1, -0.05) is 19.3 Å². The average Bonchev–Trinajstić information content (AvgIpc) is 2.66. The van der Waals surface area contributed by atoms with Crippen LogP contribution in [0.5, 0.6) is 0 Å². The number of nitrogens with zero attached hydrogens (tertiary/aromatic N) is 1. The van der Waals surface area contributed by atoms with E-state index in [1.54, 1.807) is 6.92 Å². The minimum Gasteiger partial charge on any atom is -0.333 e. The van der Waals surface area contributed by atoms with Gasteiger partial charge in [0.1, 0.15) is 0 Å². The highest BCUT2D eigenvalue weighted by Crippen LogP contribution is 2.44. The second-order valence-corrected chi connectivity index (χ2v) is 3.89. The van der Waals surface area contributed by atoms with Gasteiger partial charge < -0.3 is 4.90 Å². The molecule has 1 amide bonds. The lowest BCUT2D eigenvalue weighted by Gasteiger charge is -2.21. The van der Waals surface area contributed by atoms with Crippen molar-refractivity contribution in [1.82, 2.24) is 4.90 Å². The molecule has 0 bridgehead atoms. The quantitative estimate of drug-likeness (QED) is 0.483. The maximum atomic E-state index is 11.0. The molecule has 2 aliphatic rings. The summed E-state index contributed by atoms with van der Waals surface area (Å²) in [6, 6.07) is 0. The first-order chi connectivity index (χ1) is 5.25. The van der Waals surface area contributed by atoms with E-state index < -0.39 is 0 Å². The summed E-state index contributed by atoms with van der Waals surface area (Å²) in [5, 5.41) is 0. The maximum Gasteiger partial charge on any atom is 0.220 e. The molecule has 2 rings (SSSR count). The van der Waals surface area contributed by atoms with Gasteiger partial charge in [0.15, 0.2) is 0 Å². The summed E-state index contributed by atoms with van der Waals surface area (Å²) in [5.41, 5.74) is 0.351. The number of hydrogen-bond acceptors (Lipinski definition) is 1. The van der Waals surface area contributed by atoms with Crippen LogP contribution in [0.3, 0.4) is 0 Å². The normalized spacial score (nSPS) is 27.2. The fourth-order valence-electron chi connectivity index (χ4n) is 2.34. The zero-order chi connectivity index (χ0) is 7.90. The van der Waals surface area contributed by atoms with Crippen LogP contribution in [0.25, 0.3) is 0 Å². The minimum absolute atomic E-state index is 0.270. The Morgan fingerprint density at radius 3 is 2.36 bits per heavy atom. The van der Waals surface area contributed by atoms with E-state index in [4.69, 9.17) is 0 Å². The molecule has 1 aliphatic carbocycles. The predicted octanol–water partition coefficient (Wildman–Crippen LogP) is 1.55. The lowest BCUT2D eigenvalue weighted by molar-refractivity contribution is -0.124. The molecule has 0 unspecified atom stereocenters. The number of carbonyl (C=O) groups is 1. The van der Waals surface area contributed by atoms with Gasteiger partial charge in [-0.15, -0.1) is 0 Å². The van der Waals surface area contributed by atoms with Gasteiger partial charge in [0.05, 0.1) is 5.54 Å². The van der Waals surface area contributed by atoms with Gasteiger partial charge in [0.2, 0.25) is 5.91 Å². The van der Waals surface area contributed by atoms with Gasteiger partial charge in [0, 0.05) is 13.5 Å². The molecule has 1 heterocycles. The Balaban J connectivity index is 1.99. The minimum atomic E-state index is 0.270. The third kappa shape index (κ3) is 1.05. The lowest BCUT2D eigenvalue weighted by Crippen LogP contribution is -2.24. The van der Waals surface area contributed by atoms with E-state index in [9.17, 15) is 4.79 Å². The molecule has 1 saturated heterocycles. The second-order valence-electron chi connectivity index (χ2n) is 3.89. The molecule has 2 heteroatoms. The van der Waals surface area contributed by atoms with Crippen LogP contribution in [0.2, 0.25) is 0 Å². The van der Waals surface area contributed by atoms with Gasteiger partial charge in [0.25, 0.3) is 0 Å². The Bertz CT molecular complexity index is 182. The van der Waals surface area contributed by atoms with Crippen molar-refractivity contribution in [1.29, 1.82) is 0 Å². The third-order valence-electron chi connectivity index (χ3n) is 3.09. The second kappa shape index (κ2) is 2.23. The summed E-state index contributed by atoms with van der Waals surface area (Å²) >= 11 is 0. The van der Waals surface area contributed by atoms with Crippen molar-refractivity contribution in [3.63, 3.8) is 0 Å². The molecular formula is C9H15NO. The van der Waals surface area contributed by atoms with Gasteiger partial charge >= 0.3 is 0 Å². The van der Waals surface area contributed by atoms with E-state index >= 15 is 0 Å². The highest BCUT2D eigenvalue weighted by molar-refractivity contribution is 5.77. The number of rotatable bonds is 0. The Labute approximate surface area is 67.6 Å². The summed E-state index contributed by atoms with van der Waals surface area (Å²) in [7, 11) is 0. The molecule has 1 aliphatic heterocycles. The van der Waals surface area contributed by atoms with E-state index in [0.29, 0.717) is 5.54 Å². The summed E-state index contributed by atoms with van der Waals surface area (Å²) in [4.78, 5) is 13.0. The van der Waals surface area contributed by atoms with Crippen LogP contribution in [0.15, 0.2) is 0 Å². The van der Waals surface area contributed by atoms with Crippen molar-refractivity contribution in [3.8, 4) is 0 Å². The average molecular weight is 153 g/mol. The first-order valence-electron chi connectivity index (χ1n) is 4.53. The van der Waals surface area contributed by atoms with E-state index in [0.717, 1.165) is 6.54 Å². The van der Waals surface area contributed by atoms with Crippen LogP contribution in [0, 0.1) is 0 Å². The van der Waals surface area contributed by atoms with Crippen molar-refractivity contribution in [2.24, 2.45) is 0 Å². The largest absolute Gasteiger partial charge is 0.333 e. The van der Waals surface area contributed by atoms with Crippen molar-refractivity contribution in [2.75, 3.05) is 6.54 Å². The number of amides is 1. The van der Waals surface area contributed by atoms with E-state index in [1.165, 1.54) is 32.1 Å². The van der Waals surface area contributed by atoms with Crippen molar-refractivity contribution in [2.45, 2.75) is 44.6 Å². The molecule has 2 fully saturated rings. The molecule has 62 valence electrons.